The van der Waals surface area contributed by atoms with Gasteiger partial charge < -0.3 is 5.21 Å². The van der Waals surface area contributed by atoms with Crippen LogP contribution in [-0.2, 0) is 7.05 Å². The minimum atomic E-state index is -0.730. The smallest absolute Gasteiger partial charge is 0.330 e. The molecule has 0 aliphatic heterocycles. The SMILES string of the molecule is Cc1cc(C)c2nc3c(c(=O)[nH]c(=O)n3C)[n+]([O-])c2c1. The largest absolute Gasteiger partial charge is 0.618 e. The van der Waals surface area contributed by atoms with Crippen LogP contribution in [0.5, 0.6) is 0 Å². The Morgan fingerprint density at radius 3 is 2.70 bits per heavy atom. The molecule has 0 spiro atoms. The van der Waals surface area contributed by atoms with Gasteiger partial charge in [0, 0.05) is 13.1 Å². The molecule has 3 aromatic rings. The Morgan fingerprint density at radius 2 is 2.00 bits per heavy atom. The molecule has 0 amide bonds. The lowest BCUT2D eigenvalue weighted by Gasteiger charge is -2.08. The zero-order valence-corrected chi connectivity index (χ0v) is 11.2. The normalized spacial score (nSPS) is 11.3. The molecule has 0 aliphatic rings. The molecule has 2 aromatic heterocycles. The highest BCUT2D eigenvalue weighted by atomic mass is 16.5. The zero-order valence-electron chi connectivity index (χ0n) is 11.2. The van der Waals surface area contributed by atoms with Crippen LogP contribution >= 0.6 is 0 Å². The van der Waals surface area contributed by atoms with Crippen LogP contribution in [0, 0.1) is 19.1 Å². The van der Waals surface area contributed by atoms with E-state index in [1.165, 1.54) is 7.05 Å². The number of nitrogens with one attached hydrogen (secondary N) is 1. The molecular weight excluding hydrogens is 260 g/mol. The third-order valence-corrected chi connectivity index (χ3v) is 3.33. The fourth-order valence-corrected chi connectivity index (χ4v) is 2.37. The molecule has 0 aliphatic carbocycles. The summed E-state index contributed by atoms with van der Waals surface area (Å²) < 4.78 is 1.69. The first-order valence-corrected chi connectivity index (χ1v) is 6.03. The molecule has 0 bridgehead atoms. The predicted octanol–water partition coefficient (Wildman–Crippen LogP) is 0.0252. The second-order valence-corrected chi connectivity index (χ2v) is 4.85. The number of benzene rings is 1. The Hall–Kier alpha value is -2.70. The van der Waals surface area contributed by atoms with E-state index in [-0.39, 0.29) is 11.2 Å². The number of H-pyrrole nitrogens is 1. The van der Waals surface area contributed by atoms with Gasteiger partial charge in [-0.15, -0.1) is 0 Å². The first-order chi connectivity index (χ1) is 9.40. The van der Waals surface area contributed by atoms with Crippen molar-refractivity contribution in [3.8, 4) is 0 Å². The molecule has 0 atom stereocenters. The maximum Gasteiger partial charge on any atom is 0.330 e. The van der Waals surface area contributed by atoms with Gasteiger partial charge >= 0.3 is 16.8 Å². The molecule has 0 fully saturated rings. The second kappa shape index (κ2) is 3.89. The first-order valence-electron chi connectivity index (χ1n) is 6.03. The van der Waals surface area contributed by atoms with Crippen molar-refractivity contribution < 1.29 is 4.73 Å². The molecular formula is C13H12N4O3. The lowest BCUT2D eigenvalue weighted by atomic mass is 10.1. The summed E-state index contributed by atoms with van der Waals surface area (Å²) in [6.07, 6.45) is 0. The quantitative estimate of drug-likeness (QED) is 0.355. The summed E-state index contributed by atoms with van der Waals surface area (Å²) in [4.78, 5) is 29.9. The molecule has 0 unspecified atom stereocenters. The van der Waals surface area contributed by atoms with E-state index >= 15 is 0 Å². The van der Waals surface area contributed by atoms with Crippen molar-refractivity contribution in [2.24, 2.45) is 7.05 Å². The lowest BCUT2D eigenvalue weighted by molar-refractivity contribution is -0.549. The topological polar surface area (TPSA) is 94.7 Å². The Bertz CT molecular complexity index is 985. The van der Waals surface area contributed by atoms with Crippen molar-refractivity contribution in [3.63, 3.8) is 0 Å². The molecule has 0 saturated heterocycles. The highest BCUT2D eigenvalue weighted by Gasteiger charge is 2.20. The van der Waals surface area contributed by atoms with E-state index in [4.69, 9.17) is 0 Å². The summed E-state index contributed by atoms with van der Waals surface area (Å²) in [6.45, 7) is 3.70. The standard InChI is InChI=1S/C13H12N4O3/c1-6-4-7(2)9-8(5-6)17(20)10-11(14-9)16(3)13(19)15-12(10)18/h4-5H,1-3H3,(H,15,18,19). The fraction of sp³-hybridized carbons (Fsp3) is 0.231. The van der Waals surface area contributed by atoms with Crippen LogP contribution in [0.3, 0.4) is 0 Å². The van der Waals surface area contributed by atoms with Gasteiger partial charge in [0.25, 0.3) is 0 Å². The number of fused-ring (bicyclic) bond motifs is 2. The van der Waals surface area contributed by atoms with Crippen LogP contribution in [-0.4, -0.2) is 14.5 Å². The molecule has 7 nitrogen and oxygen atoms in total. The molecule has 0 radical (unpaired) electrons. The number of aryl methyl sites for hydroxylation is 3. The van der Waals surface area contributed by atoms with E-state index in [0.29, 0.717) is 15.8 Å². The van der Waals surface area contributed by atoms with Crippen molar-refractivity contribution in [1.82, 2.24) is 14.5 Å². The van der Waals surface area contributed by atoms with Gasteiger partial charge in [-0.25, -0.2) is 9.78 Å². The van der Waals surface area contributed by atoms with Crippen molar-refractivity contribution in [2.45, 2.75) is 13.8 Å². The van der Waals surface area contributed by atoms with E-state index in [1.807, 2.05) is 19.9 Å². The maximum atomic E-state index is 12.4. The van der Waals surface area contributed by atoms with Crippen molar-refractivity contribution in [1.29, 1.82) is 0 Å². The minimum absolute atomic E-state index is 0.0770. The molecule has 102 valence electrons. The summed E-state index contributed by atoms with van der Waals surface area (Å²) >= 11 is 0. The summed E-state index contributed by atoms with van der Waals surface area (Å²) in [5.41, 5.74) is 1.11. The van der Waals surface area contributed by atoms with E-state index in [1.54, 1.807) is 6.07 Å². The summed E-state index contributed by atoms with van der Waals surface area (Å²) in [7, 11) is 1.46. The van der Waals surface area contributed by atoms with Crippen LogP contribution in [0.4, 0.5) is 0 Å². The highest BCUT2D eigenvalue weighted by Crippen LogP contribution is 2.17. The van der Waals surface area contributed by atoms with Gasteiger partial charge in [-0.1, -0.05) is 6.07 Å². The van der Waals surface area contributed by atoms with Crippen LogP contribution in [0.25, 0.3) is 22.2 Å². The Morgan fingerprint density at radius 1 is 1.30 bits per heavy atom. The number of aromatic amines is 1. The number of rotatable bonds is 0. The van der Waals surface area contributed by atoms with E-state index in [9.17, 15) is 14.8 Å². The van der Waals surface area contributed by atoms with Gasteiger partial charge in [0.15, 0.2) is 0 Å². The summed E-state index contributed by atoms with van der Waals surface area (Å²) in [5.74, 6) is 0. The average molecular weight is 272 g/mol. The Balaban J connectivity index is 2.72. The van der Waals surface area contributed by atoms with Gasteiger partial charge in [-0.05, 0) is 25.0 Å². The fourth-order valence-electron chi connectivity index (χ4n) is 2.37. The molecule has 1 aromatic carbocycles. The van der Waals surface area contributed by atoms with Gasteiger partial charge in [0.05, 0.1) is 0 Å². The van der Waals surface area contributed by atoms with Gasteiger partial charge in [-0.3, -0.25) is 14.3 Å². The Kier molecular flexibility index (Phi) is 2.40. The molecule has 3 rings (SSSR count). The van der Waals surface area contributed by atoms with Crippen molar-refractivity contribution in [2.75, 3.05) is 0 Å². The second-order valence-electron chi connectivity index (χ2n) is 4.85. The Labute approximate surface area is 112 Å². The monoisotopic (exact) mass is 272 g/mol. The van der Waals surface area contributed by atoms with Crippen LogP contribution < -0.4 is 16.0 Å². The summed E-state index contributed by atoms with van der Waals surface area (Å²) in [6, 6.07) is 3.57. The molecule has 1 N–H and O–H groups in total. The molecule has 7 heteroatoms. The molecule has 2 heterocycles. The summed E-state index contributed by atoms with van der Waals surface area (Å²) in [5, 5.41) is 12.4. The van der Waals surface area contributed by atoms with Crippen molar-refractivity contribution in [3.05, 3.63) is 49.3 Å². The van der Waals surface area contributed by atoms with Gasteiger partial charge in [-0.2, -0.15) is 4.73 Å². The first kappa shape index (κ1) is 12.3. The lowest BCUT2D eigenvalue weighted by Crippen LogP contribution is -2.40. The van der Waals surface area contributed by atoms with Crippen LogP contribution in [0.15, 0.2) is 21.7 Å². The van der Waals surface area contributed by atoms with E-state index < -0.39 is 11.2 Å². The number of aromatic nitrogens is 4. The van der Waals surface area contributed by atoms with Crippen LogP contribution in [0.2, 0.25) is 0 Å². The number of hydrogen-bond acceptors (Lipinski definition) is 4. The van der Waals surface area contributed by atoms with E-state index in [0.717, 1.165) is 15.7 Å². The predicted molar refractivity (Wildman–Crippen MR) is 73.5 cm³/mol. The zero-order chi connectivity index (χ0) is 14.6. The third kappa shape index (κ3) is 1.52. The average Bonchev–Trinajstić information content (AvgIpc) is 2.37. The molecule has 20 heavy (non-hydrogen) atoms. The highest BCUT2D eigenvalue weighted by molar-refractivity contribution is 5.82. The maximum absolute atomic E-state index is 12.4. The van der Waals surface area contributed by atoms with Gasteiger partial charge in [0.2, 0.25) is 11.2 Å². The number of nitrogens with zero attached hydrogens (tertiary/aromatic N) is 3. The third-order valence-electron chi connectivity index (χ3n) is 3.33. The minimum Gasteiger partial charge on any atom is -0.618 e. The van der Waals surface area contributed by atoms with Crippen molar-refractivity contribution >= 4 is 22.2 Å². The molecule has 0 saturated carbocycles. The van der Waals surface area contributed by atoms with Crippen LogP contribution in [0.1, 0.15) is 11.1 Å². The number of hydrogen-bond donors (Lipinski definition) is 1. The van der Waals surface area contributed by atoms with Gasteiger partial charge in [0.1, 0.15) is 5.52 Å². The van der Waals surface area contributed by atoms with E-state index in [2.05, 4.69) is 9.97 Å².